The average molecular weight is 331 g/mol. The Hall–Kier alpha value is -1.88. The number of aryl methyl sites for hydroxylation is 2. The summed E-state index contributed by atoms with van der Waals surface area (Å²) in [5.74, 6) is 0.154. The molecule has 24 heavy (non-hydrogen) atoms. The molecule has 1 saturated heterocycles. The van der Waals surface area contributed by atoms with E-state index in [9.17, 15) is 9.59 Å². The van der Waals surface area contributed by atoms with Crippen LogP contribution in [0.5, 0.6) is 0 Å². The van der Waals surface area contributed by atoms with Crippen LogP contribution in [-0.2, 0) is 9.59 Å². The van der Waals surface area contributed by atoms with Crippen LogP contribution >= 0.6 is 0 Å². The van der Waals surface area contributed by atoms with Crippen molar-refractivity contribution >= 4 is 11.8 Å². The first-order valence-electron chi connectivity index (χ1n) is 8.71. The molecule has 1 aromatic rings. The Balaban J connectivity index is 1.86. The third-order valence-corrected chi connectivity index (χ3v) is 4.81. The molecule has 1 N–H and O–H groups in total. The second kappa shape index (κ2) is 8.29. The van der Waals surface area contributed by atoms with Gasteiger partial charge >= 0.3 is 0 Å². The van der Waals surface area contributed by atoms with Crippen molar-refractivity contribution in [2.45, 2.75) is 40.2 Å². The number of carbonyl (C=O) groups excluding carboxylic acids is 2. The van der Waals surface area contributed by atoms with Crippen molar-refractivity contribution in [1.82, 2.24) is 15.1 Å². The van der Waals surface area contributed by atoms with Gasteiger partial charge in [-0.15, -0.1) is 0 Å². The highest BCUT2D eigenvalue weighted by molar-refractivity contribution is 5.78. The number of carbonyl (C=O) groups is 2. The quantitative estimate of drug-likeness (QED) is 0.918. The fourth-order valence-electron chi connectivity index (χ4n) is 3.05. The molecule has 0 bridgehead atoms. The van der Waals surface area contributed by atoms with Gasteiger partial charge in [-0.2, -0.15) is 0 Å². The van der Waals surface area contributed by atoms with Gasteiger partial charge in [0, 0.05) is 33.1 Å². The molecule has 1 atom stereocenters. The molecule has 5 nitrogen and oxygen atoms in total. The van der Waals surface area contributed by atoms with Gasteiger partial charge in [0.05, 0.1) is 12.6 Å². The van der Waals surface area contributed by atoms with Crippen molar-refractivity contribution < 1.29 is 9.59 Å². The van der Waals surface area contributed by atoms with E-state index >= 15 is 0 Å². The van der Waals surface area contributed by atoms with Gasteiger partial charge in [-0.1, -0.05) is 18.2 Å². The Kier molecular flexibility index (Phi) is 6.37. The number of nitrogens with zero attached hydrogens (tertiary/aromatic N) is 2. The lowest BCUT2D eigenvalue weighted by Gasteiger charge is -2.22. The monoisotopic (exact) mass is 331 g/mol. The van der Waals surface area contributed by atoms with E-state index in [0.717, 1.165) is 31.6 Å². The molecule has 0 unspecified atom stereocenters. The Labute approximate surface area is 145 Å². The molecule has 132 valence electrons. The minimum absolute atomic E-state index is 0.00232. The Bertz CT molecular complexity index is 600. The van der Waals surface area contributed by atoms with E-state index in [2.05, 4.69) is 42.3 Å². The number of amides is 2. The summed E-state index contributed by atoms with van der Waals surface area (Å²) in [5.41, 5.74) is 3.63. The molecule has 1 heterocycles. The van der Waals surface area contributed by atoms with E-state index < -0.39 is 0 Å². The number of hydrogen-bond donors (Lipinski definition) is 1. The molecule has 1 aromatic carbocycles. The van der Waals surface area contributed by atoms with Crippen molar-refractivity contribution in [3.8, 4) is 0 Å². The number of rotatable bonds is 4. The fourth-order valence-corrected chi connectivity index (χ4v) is 3.05. The van der Waals surface area contributed by atoms with Crippen molar-refractivity contribution in [2.75, 3.05) is 32.7 Å². The van der Waals surface area contributed by atoms with E-state index in [0.29, 0.717) is 13.1 Å². The van der Waals surface area contributed by atoms with Crippen LogP contribution in [0, 0.1) is 13.8 Å². The summed E-state index contributed by atoms with van der Waals surface area (Å²) in [6, 6.07) is 6.30. The average Bonchev–Trinajstić information content (AvgIpc) is 2.75. The predicted molar refractivity (Wildman–Crippen MR) is 95.8 cm³/mol. The zero-order valence-corrected chi connectivity index (χ0v) is 15.3. The summed E-state index contributed by atoms with van der Waals surface area (Å²) in [6.07, 6.45) is 0.916. The van der Waals surface area contributed by atoms with Crippen LogP contribution in [0.2, 0.25) is 0 Å². The summed E-state index contributed by atoms with van der Waals surface area (Å²) in [5, 5.41) is 3.08. The zero-order chi connectivity index (χ0) is 17.7. The second-order valence-electron chi connectivity index (χ2n) is 6.77. The molecule has 0 aliphatic carbocycles. The lowest BCUT2D eigenvalue weighted by molar-refractivity contribution is -0.128. The first-order chi connectivity index (χ1) is 11.4. The first kappa shape index (κ1) is 18.5. The van der Waals surface area contributed by atoms with Gasteiger partial charge in [-0.25, -0.2) is 0 Å². The minimum Gasteiger partial charge on any atom is -0.348 e. The van der Waals surface area contributed by atoms with Crippen LogP contribution in [0.1, 0.15) is 43.0 Å². The number of hydrogen-bond acceptors (Lipinski definition) is 3. The summed E-state index contributed by atoms with van der Waals surface area (Å²) >= 11 is 0. The van der Waals surface area contributed by atoms with Crippen LogP contribution in [0.3, 0.4) is 0 Å². The summed E-state index contributed by atoms with van der Waals surface area (Å²) in [6.45, 7) is 11.3. The number of nitrogens with one attached hydrogen (secondary N) is 1. The van der Waals surface area contributed by atoms with Crippen molar-refractivity contribution in [3.05, 3.63) is 34.9 Å². The fraction of sp³-hybridized carbons (Fsp3) is 0.579. The van der Waals surface area contributed by atoms with Gasteiger partial charge < -0.3 is 10.2 Å². The maximum Gasteiger partial charge on any atom is 0.234 e. The highest BCUT2D eigenvalue weighted by Crippen LogP contribution is 2.16. The molecule has 1 aliphatic rings. The Morgan fingerprint density at radius 3 is 2.54 bits per heavy atom. The highest BCUT2D eigenvalue weighted by Gasteiger charge is 2.19. The van der Waals surface area contributed by atoms with Gasteiger partial charge in [-0.3, -0.25) is 14.5 Å². The van der Waals surface area contributed by atoms with Crippen molar-refractivity contribution in [3.63, 3.8) is 0 Å². The molecule has 1 aliphatic heterocycles. The van der Waals surface area contributed by atoms with E-state index in [-0.39, 0.29) is 17.9 Å². The van der Waals surface area contributed by atoms with Crippen LogP contribution in [0.15, 0.2) is 18.2 Å². The maximum atomic E-state index is 12.3. The van der Waals surface area contributed by atoms with Gasteiger partial charge in [-0.05, 0) is 43.9 Å². The normalized spacial score (nSPS) is 17.2. The lowest BCUT2D eigenvalue weighted by Crippen LogP contribution is -2.40. The van der Waals surface area contributed by atoms with Crippen LogP contribution in [-0.4, -0.2) is 54.3 Å². The van der Waals surface area contributed by atoms with Gasteiger partial charge in [0.1, 0.15) is 0 Å². The Morgan fingerprint density at radius 1 is 1.12 bits per heavy atom. The van der Waals surface area contributed by atoms with E-state index in [1.54, 1.807) is 6.92 Å². The Morgan fingerprint density at radius 2 is 1.88 bits per heavy atom. The summed E-state index contributed by atoms with van der Waals surface area (Å²) in [4.78, 5) is 27.8. The van der Waals surface area contributed by atoms with Crippen molar-refractivity contribution in [1.29, 1.82) is 0 Å². The maximum absolute atomic E-state index is 12.3. The first-order valence-corrected chi connectivity index (χ1v) is 8.71. The molecule has 0 spiro atoms. The topological polar surface area (TPSA) is 52.7 Å². The SMILES string of the molecule is CC(=O)N1CCCN(CC(=O)N[C@H](C)c2ccc(C)c(C)c2)CC1. The highest BCUT2D eigenvalue weighted by atomic mass is 16.2. The molecule has 0 saturated carbocycles. The third-order valence-electron chi connectivity index (χ3n) is 4.81. The van der Waals surface area contributed by atoms with Gasteiger partial charge in [0.25, 0.3) is 0 Å². The molecule has 0 aromatic heterocycles. The molecule has 2 rings (SSSR count). The smallest absolute Gasteiger partial charge is 0.234 e. The largest absolute Gasteiger partial charge is 0.348 e. The second-order valence-corrected chi connectivity index (χ2v) is 6.77. The zero-order valence-electron chi connectivity index (χ0n) is 15.3. The summed E-state index contributed by atoms with van der Waals surface area (Å²) < 4.78 is 0. The van der Waals surface area contributed by atoms with Gasteiger partial charge in [0.15, 0.2) is 0 Å². The predicted octanol–water partition coefficient (Wildman–Crippen LogP) is 2.03. The van der Waals surface area contributed by atoms with Crippen LogP contribution < -0.4 is 5.32 Å². The molecule has 5 heteroatoms. The molecule has 2 amide bonds. The summed E-state index contributed by atoms with van der Waals surface area (Å²) in [7, 11) is 0. The van der Waals surface area contributed by atoms with E-state index in [1.807, 2.05) is 11.8 Å². The molecule has 1 fully saturated rings. The van der Waals surface area contributed by atoms with Gasteiger partial charge in [0.2, 0.25) is 11.8 Å². The molecule has 0 radical (unpaired) electrons. The van der Waals surface area contributed by atoms with E-state index in [4.69, 9.17) is 0 Å². The van der Waals surface area contributed by atoms with E-state index in [1.165, 1.54) is 11.1 Å². The third kappa shape index (κ3) is 5.06. The lowest BCUT2D eigenvalue weighted by atomic mass is 10.0. The van der Waals surface area contributed by atoms with Crippen LogP contribution in [0.25, 0.3) is 0 Å². The van der Waals surface area contributed by atoms with Crippen LogP contribution in [0.4, 0.5) is 0 Å². The molecular formula is C19H29N3O2. The standard InChI is InChI=1S/C19H29N3O2/c1-14-6-7-18(12-15(14)2)16(3)20-19(24)13-21-8-5-9-22(11-10-21)17(4)23/h6-7,12,16H,5,8-11,13H2,1-4H3,(H,20,24)/t16-/m1/s1. The molecular weight excluding hydrogens is 302 g/mol. The minimum atomic E-state index is -0.00232. The number of benzene rings is 1. The van der Waals surface area contributed by atoms with Crippen molar-refractivity contribution in [2.24, 2.45) is 0 Å².